The second kappa shape index (κ2) is 9.34. The topological polar surface area (TPSA) is 152 Å². The average Bonchev–Trinajstić information content (AvgIpc) is 3.12. The lowest BCUT2D eigenvalue weighted by Crippen LogP contribution is -2.63. The first-order chi connectivity index (χ1) is 17.2. The Morgan fingerprint density at radius 1 is 1.24 bits per heavy atom. The third-order valence-electron chi connectivity index (χ3n) is 10.6. The summed E-state index contributed by atoms with van der Waals surface area (Å²) in [7, 11) is 0. The van der Waals surface area contributed by atoms with Gasteiger partial charge < -0.3 is 20.7 Å². The largest absolute Gasteiger partial charge is 0.445 e. The van der Waals surface area contributed by atoms with Crippen LogP contribution in [0.15, 0.2) is 12.3 Å². The van der Waals surface area contributed by atoms with Crippen LogP contribution in [0.4, 0.5) is 10.5 Å². The van der Waals surface area contributed by atoms with E-state index in [0.29, 0.717) is 37.1 Å². The number of nitrogen functional groups attached to an aromatic ring is 1. The molecule has 204 valence electrons. The number of nitrogens with two attached hydrogens (primary N) is 1. The number of aliphatic hydroxyl groups excluding tert-OH is 2. The number of alkyl carbamates (subject to hydrolysis) is 1. The van der Waals surface area contributed by atoms with Crippen LogP contribution in [-0.4, -0.2) is 51.3 Å². The van der Waals surface area contributed by atoms with Gasteiger partial charge in [-0.3, -0.25) is 19.9 Å². The Morgan fingerprint density at radius 3 is 2.54 bits per heavy atom. The van der Waals surface area contributed by atoms with Crippen LogP contribution in [-0.2, 0) is 9.53 Å². The van der Waals surface area contributed by atoms with Gasteiger partial charge in [-0.2, -0.15) is 0 Å². The highest BCUT2D eigenvalue weighted by Crippen LogP contribution is 2.68. The van der Waals surface area contributed by atoms with E-state index in [1.54, 1.807) is 6.92 Å². The molecule has 9 heteroatoms. The van der Waals surface area contributed by atoms with Crippen LogP contribution < -0.4 is 11.1 Å². The highest BCUT2D eigenvalue weighted by molar-refractivity contribution is 6.03. The predicted molar refractivity (Wildman–Crippen MR) is 137 cm³/mol. The average molecular weight is 516 g/mol. The molecule has 3 saturated carbocycles. The highest BCUT2D eigenvalue weighted by atomic mass is 16.6. The van der Waals surface area contributed by atoms with Crippen LogP contribution in [0.25, 0.3) is 0 Å². The van der Waals surface area contributed by atoms with E-state index in [-0.39, 0.29) is 23.2 Å². The van der Waals surface area contributed by atoms with Gasteiger partial charge in [-0.1, -0.05) is 34.6 Å². The van der Waals surface area contributed by atoms with E-state index >= 15 is 0 Å². The number of nitrogens with zero attached hydrogens (tertiary/aromatic N) is 1. The van der Waals surface area contributed by atoms with Crippen molar-refractivity contribution in [1.82, 2.24) is 10.3 Å². The number of ether oxygens (including phenoxy) is 1. The molecule has 0 saturated heterocycles. The van der Waals surface area contributed by atoms with Crippen molar-refractivity contribution in [3.05, 3.63) is 23.5 Å². The van der Waals surface area contributed by atoms with Crippen molar-refractivity contribution in [2.45, 2.75) is 92.0 Å². The number of nitrogens with one attached hydrogen (secondary N) is 1. The van der Waals surface area contributed by atoms with Gasteiger partial charge in [-0.05, 0) is 67.8 Å². The van der Waals surface area contributed by atoms with Crippen molar-refractivity contribution in [2.24, 2.45) is 34.0 Å². The Balaban J connectivity index is 1.72. The van der Waals surface area contributed by atoms with E-state index in [0.717, 1.165) is 6.42 Å². The number of anilines is 1. The first kappa shape index (κ1) is 27.5. The van der Waals surface area contributed by atoms with E-state index in [9.17, 15) is 24.6 Å². The number of hydrogen-bond acceptors (Lipinski definition) is 8. The normalized spacial score (nSPS) is 41.4. The summed E-state index contributed by atoms with van der Waals surface area (Å²) in [5.41, 5.74) is 4.93. The first-order valence-corrected chi connectivity index (χ1v) is 13.3. The SMILES string of the molecule is CC[C@]1(C)CC(OC(=O)NC(=O)c2cnc(C)c(N)c2)[C@]2(C)C(C)CC[C@]3(C[C@H](O)C(=O)C23)[C@@H](C)[C@@H]1O. The van der Waals surface area contributed by atoms with Crippen molar-refractivity contribution in [1.29, 1.82) is 0 Å². The lowest BCUT2D eigenvalue weighted by Gasteiger charge is -2.61. The zero-order valence-electron chi connectivity index (χ0n) is 22.7. The van der Waals surface area contributed by atoms with Crippen molar-refractivity contribution in [3.8, 4) is 0 Å². The fourth-order valence-electron chi connectivity index (χ4n) is 7.69. The molecule has 5 N–H and O–H groups in total. The molecule has 9 nitrogen and oxygen atoms in total. The van der Waals surface area contributed by atoms with Gasteiger partial charge in [0.15, 0.2) is 5.78 Å². The molecule has 2 bridgehead atoms. The molecule has 0 aromatic carbocycles. The fraction of sp³-hybridized carbons (Fsp3) is 0.714. The molecule has 1 heterocycles. The predicted octanol–water partition coefficient (Wildman–Crippen LogP) is 3.40. The smallest absolute Gasteiger partial charge is 0.414 e. The lowest BCUT2D eigenvalue weighted by molar-refractivity contribution is -0.198. The Bertz CT molecular complexity index is 1110. The molecule has 37 heavy (non-hydrogen) atoms. The van der Waals surface area contributed by atoms with Crippen molar-refractivity contribution >= 4 is 23.5 Å². The lowest BCUT2D eigenvalue weighted by atomic mass is 9.43. The summed E-state index contributed by atoms with van der Waals surface area (Å²) in [4.78, 5) is 43.5. The van der Waals surface area contributed by atoms with Crippen LogP contribution in [0, 0.1) is 40.9 Å². The van der Waals surface area contributed by atoms with E-state index in [1.165, 1.54) is 12.3 Å². The third kappa shape index (κ3) is 4.14. The van der Waals surface area contributed by atoms with Gasteiger partial charge in [0, 0.05) is 17.5 Å². The first-order valence-electron chi connectivity index (χ1n) is 13.3. The summed E-state index contributed by atoms with van der Waals surface area (Å²) < 4.78 is 6.03. The molecule has 1 aromatic rings. The Hall–Kier alpha value is -2.52. The van der Waals surface area contributed by atoms with Crippen LogP contribution in [0.3, 0.4) is 0 Å². The number of rotatable bonds is 3. The number of Topliss-reactive ketones (excluding diaryl/α,β-unsaturated/α-hetero) is 1. The van der Waals surface area contributed by atoms with E-state index in [4.69, 9.17) is 10.5 Å². The van der Waals surface area contributed by atoms with E-state index < -0.39 is 52.5 Å². The van der Waals surface area contributed by atoms with Crippen molar-refractivity contribution < 1.29 is 29.3 Å². The number of aryl methyl sites for hydroxylation is 1. The van der Waals surface area contributed by atoms with Crippen LogP contribution in [0.2, 0.25) is 0 Å². The number of aliphatic hydroxyl groups is 2. The number of hydrogen-bond donors (Lipinski definition) is 4. The van der Waals surface area contributed by atoms with Gasteiger partial charge >= 0.3 is 6.09 Å². The Morgan fingerprint density at radius 2 is 1.92 bits per heavy atom. The van der Waals surface area contributed by atoms with E-state index in [2.05, 4.69) is 17.2 Å². The Labute approximate surface area is 218 Å². The standard InChI is InChI=1S/C28H41N3O6/c1-7-26(5)12-20(37-25(36)31-24(35)17-10-18(29)16(4)30-13-17)27(6)14(2)8-9-28(15(3)23(26)34)11-19(32)21(33)22(27)28/h10,13-15,19-20,22-23,32,34H,7-9,11-12,29H2,1-6H3,(H,31,35,36)/t14?,15-,19-,20?,22?,23-,26+,27-,28-/m0/s1. The third-order valence-corrected chi connectivity index (χ3v) is 10.6. The zero-order valence-corrected chi connectivity index (χ0v) is 22.7. The quantitative estimate of drug-likeness (QED) is 0.478. The van der Waals surface area contributed by atoms with Gasteiger partial charge in [0.2, 0.25) is 0 Å². The molecule has 3 aliphatic carbocycles. The van der Waals surface area contributed by atoms with Crippen LogP contribution >= 0.6 is 0 Å². The van der Waals surface area contributed by atoms with Crippen LogP contribution in [0.5, 0.6) is 0 Å². The number of ketones is 1. The second-order valence-corrected chi connectivity index (χ2v) is 12.3. The zero-order chi connectivity index (χ0) is 27.5. The van der Waals surface area contributed by atoms with Gasteiger partial charge in [-0.15, -0.1) is 0 Å². The van der Waals surface area contributed by atoms with Gasteiger partial charge in [0.05, 0.1) is 23.0 Å². The number of carbonyl (C=O) groups excluding carboxylic acids is 3. The molecule has 4 rings (SSSR count). The molecule has 1 aromatic heterocycles. The van der Waals surface area contributed by atoms with Crippen LogP contribution in [0.1, 0.15) is 82.8 Å². The minimum atomic E-state index is -1.11. The second-order valence-electron chi connectivity index (χ2n) is 12.3. The number of amides is 2. The minimum Gasteiger partial charge on any atom is -0.445 e. The van der Waals surface area contributed by atoms with Gasteiger partial charge in [-0.25, -0.2) is 4.79 Å². The molecule has 0 spiro atoms. The molecule has 3 fully saturated rings. The summed E-state index contributed by atoms with van der Waals surface area (Å²) in [6.07, 6.45) is 0.550. The Kier molecular flexibility index (Phi) is 6.95. The van der Waals surface area contributed by atoms with Crippen molar-refractivity contribution in [3.63, 3.8) is 0 Å². The monoisotopic (exact) mass is 515 g/mol. The summed E-state index contributed by atoms with van der Waals surface area (Å²) >= 11 is 0. The fourth-order valence-corrected chi connectivity index (χ4v) is 7.69. The van der Waals surface area contributed by atoms with E-state index in [1.807, 2.05) is 27.7 Å². The van der Waals surface area contributed by atoms with Gasteiger partial charge in [0.1, 0.15) is 12.2 Å². The number of imide groups is 1. The molecule has 9 atom stereocenters. The number of aromatic nitrogens is 1. The molecule has 2 amide bonds. The summed E-state index contributed by atoms with van der Waals surface area (Å²) in [6.45, 7) is 11.8. The maximum absolute atomic E-state index is 13.5. The minimum absolute atomic E-state index is 0.0121. The van der Waals surface area contributed by atoms with Crippen molar-refractivity contribution in [2.75, 3.05) is 5.73 Å². The summed E-state index contributed by atoms with van der Waals surface area (Å²) in [5.74, 6) is -1.70. The van der Waals surface area contributed by atoms with Gasteiger partial charge in [0.25, 0.3) is 5.91 Å². The number of carbonyl (C=O) groups is 3. The maximum atomic E-state index is 13.5. The number of pyridine rings is 1. The molecular weight excluding hydrogens is 474 g/mol. The maximum Gasteiger partial charge on any atom is 0.414 e. The molecule has 0 aliphatic heterocycles. The molecule has 0 radical (unpaired) electrons. The highest BCUT2D eigenvalue weighted by Gasteiger charge is 2.70. The molecule has 3 aliphatic rings. The molecular formula is C28H41N3O6. The molecule has 3 unspecified atom stereocenters. The summed E-state index contributed by atoms with van der Waals surface area (Å²) in [5, 5.41) is 24.7. The summed E-state index contributed by atoms with van der Waals surface area (Å²) in [6, 6.07) is 1.45.